The Kier molecular flexibility index (Phi) is 5.23. The first-order valence-electron chi connectivity index (χ1n) is 8.12. The van der Waals surface area contributed by atoms with E-state index >= 15 is 0 Å². The first kappa shape index (κ1) is 19.2. The van der Waals surface area contributed by atoms with Crippen LogP contribution in [0.1, 0.15) is 15.9 Å². The summed E-state index contributed by atoms with van der Waals surface area (Å²) in [7, 11) is -3.36. The molecule has 0 N–H and O–H groups in total. The Morgan fingerprint density at radius 1 is 0.929 bits per heavy atom. The molecule has 0 heterocycles. The summed E-state index contributed by atoms with van der Waals surface area (Å²) in [6.45, 7) is 0. The average molecular weight is 397 g/mol. The molecule has 0 unspecified atom stereocenters. The fourth-order valence-electron chi connectivity index (χ4n) is 2.53. The summed E-state index contributed by atoms with van der Waals surface area (Å²) < 4.78 is 28.5. The fraction of sp³-hybridized carbons (Fsp3) is 0.0500. The van der Waals surface area contributed by atoms with Crippen molar-refractivity contribution in [1.29, 1.82) is 0 Å². The molecule has 7 nitrogen and oxygen atoms in total. The maximum atomic E-state index is 12.5. The number of ether oxygens (including phenoxy) is 1. The maximum absolute atomic E-state index is 12.5. The molecule has 0 aliphatic carbocycles. The molecule has 3 rings (SSSR count). The number of hydrogen-bond donors (Lipinski definition) is 0. The number of carbonyl (C=O) groups is 1. The number of sulfone groups is 1. The van der Waals surface area contributed by atoms with Gasteiger partial charge in [0, 0.05) is 23.4 Å². The molecule has 3 aromatic rings. The highest BCUT2D eigenvalue weighted by Gasteiger charge is 2.20. The van der Waals surface area contributed by atoms with Crippen LogP contribution in [-0.2, 0) is 9.84 Å². The molecule has 0 spiro atoms. The molecule has 0 aromatic heterocycles. The highest BCUT2D eigenvalue weighted by Crippen LogP contribution is 2.33. The van der Waals surface area contributed by atoms with Gasteiger partial charge in [0.25, 0.3) is 0 Å². The molecular weight excluding hydrogens is 382 g/mol. The zero-order valence-electron chi connectivity index (χ0n) is 14.7. The van der Waals surface area contributed by atoms with Gasteiger partial charge in [-0.3, -0.25) is 14.9 Å². The summed E-state index contributed by atoms with van der Waals surface area (Å²) >= 11 is 0. The number of nitro groups is 1. The van der Waals surface area contributed by atoms with E-state index in [0.29, 0.717) is 5.56 Å². The maximum Gasteiger partial charge on any atom is 0.312 e. The van der Waals surface area contributed by atoms with Crippen LogP contribution in [0.4, 0.5) is 5.69 Å². The summed E-state index contributed by atoms with van der Waals surface area (Å²) in [4.78, 5) is 23.4. The van der Waals surface area contributed by atoms with Crippen LogP contribution in [0.2, 0.25) is 0 Å². The third-order valence-electron chi connectivity index (χ3n) is 3.93. The number of nitrogens with zero attached hydrogens (tertiary/aromatic N) is 1. The van der Waals surface area contributed by atoms with Crippen molar-refractivity contribution in [2.24, 2.45) is 0 Å². The van der Waals surface area contributed by atoms with Gasteiger partial charge in [0.15, 0.2) is 15.6 Å². The molecule has 0 saturated carbocycles. The summed E-state index contributed by atoms with van der Waals surface area (Å²) in [6.07, 6.45) is 1.08. The van der Waals surface area contributed by atoms with Crippen molar-refractivity contribution in [2.45, 2.75) is 4.90 Å². The normalized spacial score (nSPS) is 11.0. The van der Waals surface area contributed by atoms with Crippen molar-refractivity contribution in [3.63, 3.8) is 0 Å². The van der Waals surface area contributed by atoms with Gasteiger partial charge in [0.05, 0.1) is 9.82 Å². The molecule has 0 amide bonds. The third kappa shape index (κ3) is 4.24. The van der Waals surface area contributed by atoms with E-state index in [1.54, 1.807) is 30.3 Å². The van der Waals surface area contributed by atoms with Crippen LogP contribution in [0, 0.1) is 10.1 Å². The van der Waals surface area contributed by atoms with E-state index in [-0.39, 0.29) is 33.4 Å². The second-order valence-electron chi connectivity index (χ2n) is 5.98. The SMILES string of the molecule is CS(=O)(=O)c1ccc(Oc2ccc(C(=O)c3ccccc3)cc2[N+](=O)[O-])cc1. The number of benzene rings is 3. The molecule has 0 fully saturated rings. The minimum absolute atomic E-state index is 0.0540. The van der Waals surface area contributed by atoms with Crippen LogP contribution in [-0.4, -0.2) is 25.4 Å². The van der Waals surface area contributed by atoms with E-state index in [4.69, 9.17) is 4.74 Å². The van der Waals surface area contributed by atoms with Crippen LogP contribution >= 0.6 is 0 Å². The molecule has 0 aliphatic rings. The van der Waals surface area contributed by atoms with E-state index < -0.39 is 14.8 Å². The lowest BCUT2D eigenvalue weighted by Gasteiger charge is -2.08. The molecule has 0 radical (unpaired) electrons. The predicted octanol–water partition coefficient (Wildman–Crippen LogP) is 4.02. The summed E-state index contributed by atoms with van der Waals surface area (Å²) in [6, 6.07) is 17.9. The number of nitro benzene ring substituents is 1. The van der Waals surface area contributed by atoms with Crippen LogP contribution in [0.3, 0.4) is 0 Å². The zero-order chi connectivity index (χ0) is 20.3. The van der Waals surface area contributed by atoms with Crippen molar-refractivity contribution in [1.82, 2.24) is 0 Å². The molecule has 0 atom stereocenters. The van der Waals surface area contributed by atoms with Gasteiger partial charge < -0.3 is 4.74 Å². The largest absolute Gasteiger partial charge is 0.450 e. The highest BCUT2D eigenvalue weighted by molar-refractivity contribution is 7.90. The van der Waals surface area contributed by atoms with Gasteiger partial charge in [0.2, 0.25) is 5.75 Å². The van der Waals surface area contributed by atoms with Crippen molar-refractivity contribution in [2.75, 3.05) is 6.26 Å². The highest BCUT2D eigenvalue weighted by atomic mass is 32.2. The van der Waals surface area contributed by atoms with Crippen LogP contribution in [0.15, 0.2) is 77.7 Å². The molecule has 3 aromatic carbocycles. The Bertz CT molecular complexity index is 1140. The van der Waals surface area contributed by atoms with Crippen molar-refractivity contribution in [3.05, 3.63) is 94.0 Å². The number of carbonyl (C=O) groups excluding carboxylic acids is 1. The summed E-state index contributed by atoms with van der Waals surface area (Å²) in [5, 5.41) is 11.4. The number of hydrogen-bond acceptors (Lipinski definition) is 6. The van der Waals surface area contributed by atoms with Gasteiger partial charge in [-0.05, 0) is 36.4 Å². The van der Waals surface area contributed by atoms with Crippen LogP contribution < -0.4 is 4.74 Å². The zero-order valence-corrected chi connectivity index (χ0v) is 15.5. The first-order chi connectivity index (χ1) is 13.3. The Morgan fingerprint density at radius 3 is 2.14 bits per heavy atom. The van der Waals surface area contributed by atoms with Gasteiger partial charge in [-0.2, -0.15) is 0 Å². The number of ketones is 1. The molecule has 0 aliphatic heterocycles. The minimum atomic E-state index is -3.36. The Hall–Kier alpha value is -3.52. The summed E-state index contributed by atoms with van der Waals surface area (Å²) in [5.74, 6) is -0.160. The van der Waals surface area contributed by atoms with Gasteiger partial charge in [-0.15, -0.1) is 0 Å². The van der Waals surface area contributed by atoms with Crippen LogP contribution in [0.25, 0.3) is 0 Å². The number of rotatable bonds is 6. The fourth-order valence-corrected chi connectivity index (χ4v) is 3.16. The Balaban J connectivity index is 1.92. The Labute approximate surface area is 161 Å². The second kappa shape index (κ2) is 7.61. The second-order valence-corrected chi connectivity index (χ2v) is 8.00. The van der Waals surface area contributed by atoms with Gasteiger partial charge in [-0.1, -0.05) is 30.3 Å². The lowest BCUT2D eigenvalue weighted by molar-refractivity contribution is -0.385. The topological polar surface area (TPSA) is 104 Å². The Morgan fingerprint density at radius 2 is 1.57 bits per heavy atom. The van der Waals surface area contributed by atoms with E-state index in [0.717, 1.165) is 12.3 Å². The van der Waals surface area contributed by atoms with Gasteiger partial charge >= 0.3 is 5.69 Å². The first-order valence-corrected chi connectivity index (χ1v) is 10.0. The molecule has 0 bridgehead atoms. The van der Waals surface area contributed by atoms with Crippen molar-refractivity contribution < 1.29 is 22.9 Å². The van der Waals surface area contributed by atoms with Crippen molar-refractivity contribution >= 4 is 21.3 Å². The minimum Gasteiger partial charge on any atom is -0.450 e. The lowest BCUT2D eigenvalue weighted by Crippen LogP contribution is -2.03. The van der Waals surface area contributed by atoms with E-state index in [1.807, 2.05) is 0 Å². The molecule has 28 heavy (non-hydrogen) atoms. The smallest absolute Gasteiger partial charge is 0.312 e. The lowest BCUT2D eigenvalue weighted by atomic mass is 10.0. The average Bonchev–Trinajstić information content (AvgIpc) is 2.68. The molecule has 8 heteroatoms. The van der Waals surface area contributed by atoms with Crippen molar-refractivity contribution in [3.8, 4) is 11.5 Å². The van der Waals surface area contributed by atoms with E-state index in [9.17, 15) is 23.3 Å². The van der Waals surface area contributed by atoms with E-state index in [2.05, 4.69) is 0 Å². The molecule has 0 saturated heterocycles. The third-order valence-corrected chi connectivity index (χ3v) is 5.06. The van der Waals surface area contributed by atoms with Gasteiger partial charge in [-0.25, -0.2) is 8.42 Å². The quantitative estimate of drug-likeness (QED) is 0.353. The monoisotopic (exact) mass is 397 g/mol. The molecule has 142 valence electrons. The van der Waals surface area contributed by atoms with E-state index in [1.165, 1.54) is 36.4 Å². The van der Waals surface area contributed by atoms with Crippen LogP contribution in [0.5, 0.6) is 11.5 Å². The molecular formula is C20H15NO6S. The van der Waals surface area contributed by atoms with Gasteiger partial charge in [0.1, 0.15) is 5.75 Å². The standard InChI is InChI=1S/C20H15NO6S/c1-28(25,26)17-10-8-16(9-11-17)27-19-12-7-15(13-18(19)21(23)24)20(22)14-5-3-2-4-6-14/h2-13H,1H3. The summed E-state index contributed by atoms with van der Waals surface area (Å²) in [5.41, 5.74) is 0.216. The predicted molar refractivity (Wildman–Crippen MR) is 103 cm³/mol.